The van der Waals surface area contributed by atoms with Gasteiger partial charge in [0.05, 0.1) is 40.5 Å². The first-order chi connectivity index (χ1) is 12.9. The number of benzene rings is 2. The van der Waals surface area contributed by atoms with E-state index >= 15 is 0 Å². The van der Waals surface area contributed by atoms with E-state index in [0.717, 1.165) is 5.69 Å². The van der Waals surface area contributed by atoms with Crippen LogP contribution in [0.1, 0.15) is 0 Å². The molecule has 0 bridgehead atoms. The van der Waals surface area contributed by atoms with Gasteiger partial charge in [-0.1, -0.05) is 11.6 Å². The Morgan fingerprint density at radius 3 is 2.56 bits per heavy atom. The van der Waals surface area contributed by atoms with Gasteiger partial charge in [0.1, 0.15) is 0 Å². The molecule has 10 heteroatoms. The van der Waals surface area contributed by atoms with Gasteiger partial charge in [0.2, 0.25) is 0 Å². The number of nitrogens with one attached hydrogen (secondary N) is 3. The minimum absolute atomic E-state index is 0.0400. The number of anilines is 2. The largest absolute Gasteiger partial charge is 0.378 e. The minimum atomic E-state index is -3.88. The predicted octanol–water partition coefficient (Wildman–Crippen LogP) is 2.15. The van der Waals surface area contributed by atoms with E-state index in [0.29, 0.717) is 48.0 Å². The number of ether oxygens (including phenoxy) is 1. The zero-order valence-corrected chi connectivity index (χ0v) is 15.7. The summed E-state index contributed by atoms with van der Waals surface area (Å²) in [6.07, 6.45) is 0. The molecule has 1 aromatic heterocycles. The number of hydrogen-bond donors (Lipinski definition) is 3. The van der Waals surface area contributed by atoms with E-state index in [9.17, 15) is 13.2 Å². The maximum atomic E-state index is 12.9. The molecule has 0 aliphatic carbocycles. The van der Waals surface area contributed by atoms with Crippen LogP contribution in [0, 0.1) is 0 Å². The number of hydrogen-bond acceptors (Lipinski definition) is 5. The van der Waals surface area contributed by atoms with E-state index in [4.69, 9.17) is 16.3 Å². The number of fused-ring (bicyclic) bond motifs is 1. The molecule has 3 aromatic rings. The second kappa shape index (κ2) is 6.91. The average molecular weight is 409 g/mol. The number of aromatic nitrogens is 2. The quantitative estimate of drug-likeness (QED) is 0.613. The highest BCUT2D eigenvalue weighted by atomic mass is 35.5. The fourth-order valence-corrected chi connectivity index (χ4v) is 4.32. The molecular weight excluding hydrogens is 392 g/mol. The summed E-state index contributed by atoms with van der Waals surface area (Å²) in [4.78, 5) is 18.6. The fourth-order valence-electron chi connectivity index (χ4n) is 3.05. The third kappa shape index (κ3) is 3.66. The molecule has 1 saturated heterocycles. The van der Waals surface area contributed by atoms with Crippen LogP contribution in [-0.4, -0.2) is 44.7 Å². The zero-order valence-electron chi connectivity index (χ0n) is 14.2. The summed E-state index contributed by atoms with van der Waals surface area (Å²) in [5, 5.41) is 0.426. The van der Waals surface area contributed by atoms with Crippen molar-refractivity contribution in [3.05, 3.63) is 51.9 Å². The maximum absolute atomic E-state index is 12.9. The van der Waals surface area contributed by atoms with E-state index in [1.165, 1.54) is 12.1 Å². The van der Waals surface area contributed by atoms with E-state index in [1.807, 2.05) is 4.90 Å². The number of imidazole rings is 1. The molecule has 0 saturated carbocycles. The molecule has 142 valence electrons. The van der Waals surface area contributed by atoms with E-state index in [1.54, 1.807) is 24.3 Å². The maximum Gasteiger partial charge on any atom is 0.323 e. The van der Waals surface area contributed by atoms with Crippen molar-refractivity contribution in [2.45, 2.75) is 4.90 Å². The van der Waals surface area contributed by atoms with Gasteiger partial charge in [0, 0.05) is 18.1 Å². The molecule has 4 rings (SSSR count). The van der Waals surface area contributed by atoms with Crippen LogP contribution in [0.2, 0.25) is 5.02 Å². The second-order valence-electron chi connectivity index (χ2n) is 6.15. The van der Waals surface area contributed by atoms with Gasteiger partial charge in [-0.25, -0.2) is 13.2 Å². The highest BCUT2D eigenvalue weighted by Gasteiger charge is 2.21. The van der Waals surface area contributed by atoms with Crippen molar-refractivity contribution in [1.29, 1.82) is 0 Å². The Kier molecular flexibility index (Phi) is 4.58. The molecule has 0 unspecified atom stereocenters. The van der Waals surface area contributed by atoms with Gasteiger partial charge in [0.25, 0.3) is 10.0 Å². The van der Waals surface area contributed by atoms with Crippen molar-refractivity contribution >= 4 is 44.0 Å². The Hall–Kier alpha value is -2.49. The van der Waals surface area contributed by atoms with E-state index < -0.39 is 15.7 Å². The first-order valence-electron chi connectivity index (χ1n) is 8.29. The van der Waals surface area contributed by atoms with Crippen LogP contribution in [0.3, 0.4) is 0 Å². The van der Waals surface area contributed by atoms with Crippen LogP contribution >= 0.6 is 11.6 Å². The molecule has 0 spiro atoms. The second-order valence-corrected chi connectivity index (χ2v) is 8.27. The number of morpholine rings is 1. The lowest BCUT2D eigenvalue weighted by Gasteiger charge is -2.30. The Balaban J connectivity index is 1.70. The number of halogens is 1. The van der Waals surface area contributed by atoms with Crippen molar-refractivity contribution in [2.24, 2.45) is 0 Å². The molecule has 0 radical (unpaired) electrons. The fraction of sp³-hybridized carbons (Fsp3) is 0.235. The molecule has 27 heavy (non-hydrogen) atoms. The molecule has 0 amide bonds. The predicted molar refractivity (Wildman–Crippen MR) is 104 cm³/mol. The highest BCUT2D eigenvalue weighted by molar-refractivity contribution is 7.92. The van der Waals surface area contributed by atoms with Gasteiger partial charge in [-0.15, -0.1) is 0 Å². The van der Waals surface area contributed by atoms with Crippen molar-refractivity contribution in [3.8, 4) is 0 Å². The van der Waals surface area contributed by atoms with Gasteiger partial charge >= 0.3 is 5.69 Å². The molecule has 1 aliphatic rings. The lowest BCUT2D eigenvalue weighted by Crippen LogP contribution is -2.36. The average Bonchev–Trinajstić information content (AvgIpc) is 3.01. The van der Waals surface area contributed by atoms with Crippen molar-refractivity contribution in [1.82, 2.24) is 9.97 Å². The summed E-state index contributed by atoms with van der Waals surface area (Å²) in [6, 6.07) is 9.49. The van der Waals surface area contributed by atoms with Crippen molar-refractivity contribution in [3.63, 3.8) is 0 Å². The summed E-state index contributed by atoms with van der Waals surface area (Å²) in [6.45, 7) is 2.47. The van der Waals surface area contributed by atoms with Gasteiger partial charge in [-0.3, -0.25) is 4.72 Å². The van der Waals surface area contributed by atoms with Crippen LogP contribution in [0.5, 0.6) is 0 Å². The number of nitrogens with zero attached hydrogens (tertiary/aromatic N) is 1. The SMILES string of the molecule is O=c1[nH]c2ccc(S(=O)(=O)Nc3cc(Cl)ccc3N3CCOCC3)cc2[nH]1. The number of aromatic amines is 2. The third-order valence-corrected chi connectivity index (χ3v) is 5.95. The highest BCUT2D eigenvalue weighted by Crippen LogP contribution is 2.32. The number of sulfonamides is 1. The summed E-state index contributed by atoms with van der Waals surface area (Å²) in [7, 11) is -3.88. The summed E-state index contributed by atoms with van der Waals surface area (Å²) in [5.41, 5.74) is 1.70. The summed E-state index contributed by atoms with van der Waals surface area (Å²) < 4.78 is 33.8. The standard InChI is InChI=1S/C17H17ClN4O4S/c18-11-1-4-16(22-5-7-26-8-6-22)15(9-11)21-27(24,25)12-2-3-13-14(10-12)20-17(23)19-13/h1-4,9-10,21H,5-8H2,(H2,19,20,23). The Morgan fingerprint density at radius 2 is 1.78 bits per heavy atom. The Bertz CT molecular complexity index is 1150. The first kappa shape index (κ1) is 17.9. The van der Waals surface area contributed by atoms with Gasteiger partial charge < -0.3 is 19.6 Å². The normalized spacial score (nSPS) is 15.2. The summed E-state index contributed by atoms with van der Waals surface area (Å²) >= 11 is 6.09. The van der Waals surface area contributed by atoms with Gasteiger partial charge in [-0.05, 0) is 36.4 Å². The molecule has 3 N–H and O–H groups in total. The first-order valence-corrected chi connectivity index (χ1v) is 10.2. The molecular formula is C17H17ClN4O4S. The summed E-state index contributed by atoms with van der Waals surface area (Å²) in [5.74, 6) is 0. The lowest BCUT2D eigenvalue weighted by molar-refractivity contribution is 0.123. The minimum Gasteiger partial charge on any atom is -0.378 e. The molecule has 1 aliphatic heterocycles. The lowest BCUT2D eigenvalue weighted by atomic mass is 10.2. The van der Waals surface area contributed by atoms with Crippen LogP contribution in [0.15, 0.2) is 46.1 Å². The van der Waals surface area contributed by atoms with Crippen LogP contribution in [-0.2, 0) is 14.8 Å². The number of H-pyrrole nitrogens is 2. The molecule has 0 atom stereocenters. The van der Waals surface area contributed by atoms with Gasteiger partial charge in [0.15, 0.2) is 0 Å². The van der Waals surface area contributed by atoms with Crippen molar-refractivity contribution < 1.29 is 13.2 Å². The van der Waals surface area contributed by atoms with Crippen LogP contribution < -0.4 is 15.3 Å². The zero-order chi connectivity index (χ0) is 19.0. The molecule has 2 aromatic carbocycles. The molecule has 2 heterocycles. The Morgan fingerprint density at radius 1 is 1.04 bits per heavy atom. The van der Waals surface area contributed by atoms with Crippen LogP contribution in [0.4, 0.5) is 11.4 Å². The third-order valence-electron chi connectivity index (χ3n) is 4.35. The van der Waals surface area contributed by atoms with Crippen LogP contribution in [0.25, 0.3) is 11.0 Å². The van der Waals surface area contributed by atoms with E-state index in [2.05, 4.69) is 14.7 Å². The molecule has 1 fully saturated rings. The number of rotatable bonds is 4. The smallest absolute Gasteiger partial charge is 0.323 e. The van der Waals surface area contributed by atoms with E-state index in [-0.39, 0.29) is 4.90 Å². The van der Waals surface area contributed by atoms with Crippen molar-refractivity contribution in [2.75, 3.05) is 35.9 Å². The Labute approximate surface area is 160 Å². The van der Waals surface area contributed by atoms with Gasteiger partial charge in [-0.2, -0.15) is 0 Å². The molecule has 8 nitrogen and oxygen atoms in total. The topological polar surface area (TPSA) is 107 Å². The monoisotopic (exact) mass is 408 g/mol.